The van der Waals surface area contributed by atoms with Crippen molar-refractivity contribution in [2.45, 2.75) is 26.8 Å². The number of primary amides is 1. The molecule has 0 bridgehead atoms. The van der Waals surface area contributed by atoms with Gasteiger partial charge in [-0.1, -0.05) is 42.5 Å². The molecule has 2 aromatic carbocycles. The molecule has 0 aliphatic rings. The van der Waals surface area contributed by atoms with Gasteiger partial charge in [0.15, 0.2) is 0 Å². The van der Waals surface area contributed by atoms with Gasteiger partial charge in [-0.3, -0.25) is 4.79 Å². The Kier molecular flexibility index (Phi) is 4.09. The first kappa shape index (κ1) is 14.5. The quantitative estimate of drug-likeness (QED) is 0.877. The Balaban J connectivity index is 2.20. The summed E-state index contributed by atoms with van der Waals surface area (Å²) in [5.41, 5.74) is 6.10. The van der Waals surface area contributed by atoms with Crippen LogP contribution in [0.1, 0.15) is 32.4 Å². The summed E-state index contributed by atoms with van der Waals surface area (Å²) in [5.74, 6) is -0.282. The summed E-state index contributed by atoms with van der Waals surface area (Å²) in [5, 5.41) is 5.88. The predicted octanol–water partition coefficient (Wildman–Crippen LogP) is 3.00. The van der Waals surface area contributed by atoms with Crippen LogP contribution in [0, 0.1) is 5.41 Å². The Morgan fingerprint density at radius 2 is 1.85 bits per heavy atom. The maximum Gasteiger partial charge on any atom is 0.224 e. The molecular formula is C17H22N2O. The summed E-state index contributed by atoms with van der Waals surface area (Å²) < 4.78 is 0. The second-order valence-electron chi connectivity index (χ2n) is 5.92. The van der Waals surface area contributed by atoms with Crippen molar-refractivity contribution in [1.82, 2.24) is 5.32 Å². The molecule has 0 spiro atoms. The molecule has 0 heterocycles. The van der Waals surface area contributed by atoms with Crippen LogP contribution in [-0.2, 0) is 4.79 Å². The van der Waals surface area contributed by atoms with Gasteiger partial charge in [0.2, 0.25) is 5.91 Å². The monoisotopic (exact) mass is 270 g/mol. The number of carbonyl (C=O) groups excluding carboxylic acids is 1. The third kappa shape index (κ3) is 2.99. The molecule has 0 saturated carbocycles. The molecule has 0 fully saturated rings. The van der Waals surface area contributed by atoms with Crippen molar-refractivity contribution in [2.24, 2.45) is 11.1 Å². The zero-order valence-electron chi connectivity index (χ0n) is 12.3. The maximum absolute atomic E-state index is 11.4. The number of hydrogen-bond acceptors (Lipinski definition) is 2. The van der Waals surface area contributed by atoms with E-state index in [4.69, 9.17) is 5.73 Å². The minimum Gasteiger partial charge on any atom is -0.369 e. The second-order valence-corrected chi connectivity index (χ2v) is 5.92. The summed E-state index contributed by atoms with van der Waals surface area (Å²) in [7, 11) is 0. The van der Waals surface area contributed by atoms with Crippen molar-refractivity contribution in [3.8, 4) is 0 Å². The Morgan fingerprint density at radius 3 is 2.55 bits per heavy atom. The fourth-order valence-corrected chi connectivity index (χ4v) is 2.23. The number of nitrogens with one attached hydrogen (secondary N) is 1. The van der Waals surface area contributed by atoms with Crippen LogP contribution in [0.15, 0.2) is 42.5 Å². The third-order valence-electron chi connectivity index (χ3n) is 3.81. The lowest BCUT2D eigenvalue weighted by Gasteiger charge is -2.24. The molecule has 106 valence electrons. The highest BCUT2D eigenvalue weighted by Crippen LogP contribution is 2.25. The molecule has 1 amide bonds. The Bertz CT molecular complexity index is 614. The molecule has 3 N–H and O–H groups in total. The lowest BCUT2D eigenvalue weighted by atomic mass is 9.91. The molecule has 0 radical (unpaired) electrons. The highest BCUT2D eigenvalue weighted by molar-refractivity contribution is 5.86. The third-order valence-corrected chi connectivity index (χ3v) is 3.81. The predicted molar refractivity (Wildman–Crippen MR) is 83.3 cm³/mol. The number of carbonyl (C=O) groups is 1. The van der Waals surface area contributed by atoms with Crippen molar-refractivity contribution < 1.29 is 4.79 Å². The summed E-state index contributed by atoms with van der Waals surface area (Å²) in [6.07, 6.45) is 0. The largest absolute Gasteiger partial charge is 0.369 e. The SMILES string of the molecule is CC(NCC(C)(C)C(N)=O)c1cccc2ccccc12. The summed E-state index contributed by atoms with van der Waals surface area (Å²) in [4.78, 5) is 11.4. The zero-order chi connectivity index (χ0) is 14.8. The number of amides is 1. The average Bonchev–Trinajstić information content (AvgIpc) is 2.44. The van der Waals surface area contributed by atoms with Crippen molar-refractivity contribution in [3.63, 3.8) is 0 Å². The first-order chi connectivity index (χ1) is 9.42. The van der Waals surface area contributed by atoms with Crippen molar-refractivity contribution in [2.75, 3.05) is 6.54 Å². The number of rotatable bonds is 5. The van der Waals surface area contributed by atoms with Gasteiger partial charge in [-0.05, 0) is 37.1 Å². The van der Waals surface area contributed by atoms with Crippen LogP contribution in [0.3, 0.4) is 0 Å². The molecule has 2 rings (SSSR count). The maximum atomic E-state index is 11.4. The van der Waals surface area contributed by atoms with E-state index < -0.39 is 5.41 Å². The number of benzene rings is 2. The average molecular weight is 270 g/mol. The summed E-state index contributed by atoms with van der Waals surface area (Å²) >= 11 is 0. The zero-order valence-corrected chi connectivity index (χ0v) is 12.3. The molecule has 3 nitrogen and oxygen atoms in total. The number of nitrogens with two attached hydrogens (primary N) is 1. The van der Waals surface area contributed by atoms with E-state index in [0.717, 1.165) is 0 Å². The minimum absolute atomic E-state index is 0.166. The van der Waals surface area contributed by atoms with Crippen LogP contribution in [0.4, 0.5) is 0 Å². The molecule has 3 heteroatoms. The van der Waals surface area contributed by atoms with Crippen LogP contribution < -0.4 is 11.1 Å². The molecule has 0 aliphatic carbocycles. The number of hydrogen-bond donors (Lipinski definition) is 2. The second kappa shape index (κ2) is 5.63. The van der Waals surface area contributed by atoms with Crippen LogP contribution in [0.5, 0.6) is 0 Å². The van der Waals surface area contributed by atoms with Gasteiger partial charge in [0.05, 0.1) is 5.41 Å². The van der Waals surface area contributed by atoms with E-state index in [1.54, 1.807) is 0 Å². The fourth-order valence-electron chi connectivity index (χ4n) is 2.23. The standard InChI is InChI=1S/C17H22N2O/c1-12(19-11-17(2,3)16(18)20)14-10-6-8-13-7-4-5-9-15(13)14/h4-10,12,19H,11H2,1-3H3,(H2,18,20). The lowest BCUT2D eigenvalue weighted by molar-refractivity contribution is -0.125. The van der Waals surface area contributed by atoms with Crippen LogP contribution in [0.25, 0.3) is 10.8 Å². The molecular weight excluding hydrogens is 248 g/mol. The van der Waals surface area contributed by atoms with Gasteiger partial charge >= 0.3 is 0 Å². The van der Waals surface area contributed by atoms with E-state index in [0.29, 0.717) is 6.54 Å². The van der Waals surface area contributed by atoms with E-state index in [2.05, 4.69) is 42.6 Å². The lowest BCUT2D eigenvalue weighted by Crippen LogP contribution is -2.41. The molecule has 0 saturated heterocycles. The first-order valence-electron chi connectivity index (χ1n) is 6.93. The van der Waals surface area contributed by atoms with Gasteiger partial charge in [0, 0.05) is 12.6 Å². The van der Waals surface area contributed by atoms with Crippen molar-refractivity contribution in [1.29, 1.82) is 0 Å². The summed E-state index contributed by atoms with van der Waals surface area (Å²) in [6, 6.07) is 14.8. The van der Waals surface area contributed by atoms with Crippen LogP contribution in [-0.4, -0.2) is 12.5 Å². The Labute approximate surface area is 120 Å². The van der Waals surface area contributed by atoms with E-state index in [-0.39, 0.29) is 11.9 Å². The van der Waals surface area contributed by atoms with Gasteiger partial charge < -0.3 is 11.1 Å². The van der Waals surface area contributed by atoms with Crippen molar-refractivity contribution >= 4 is 16.7 Å². The van der Waals surface area contributed by atoms with Crippen molar-refractivity contribution in [3.05, 3.63) is 48.0 Å². The number of fused-ring (bicyclic) bond motifs is 1. The van der Waals surface area contributed by atoms with Crippen LogP contribution >= 0.6 is 0 Å². The van der Waals surface area contributed by atoms with Gasteiger partial charge in [-0.25, -0.2) is 0 Å². The van der Waals surface area contributed by atoms with Crippen LogP contribution in [0.2, 0.25) is 0 Å². The highest BCUT2D eigenvalue weighted by atomic mass is 16.1. The highest BCUT2D eigenvalue weighted by Gasteiger charge is 2.25. The van der Waals surface area contributed by atoms with Gasteiger partial charge in [0.25, 0.3) is 0 Å². The smallest absolute Gasteiger partial charge is 0.224 e. The first-order valence-corrected chi connectivity index (χ1v) is 6.93. The van der Waals surface area contributed by atoms with Gasteiger partial charge in [-0.2, -0.15) is 0 Å². The van der Waals surface area contributed by atoms with Gasteiger partial charge in [0.1, 0.15) is 0 Å². The Morgan fingerprint density at radius 1 is 1.20 bits per heavy atom. The van der Waals surface area contributed by atoms with E-state index in [9.17, 15) is 4.79 Å². The summed E-state index contributed by atoms with van der Waals surface area (Å²) in [6.45, 7) is 6.39. The van der Waals surface area contributed by atoms with Gasteiger partial charge in [-0.15, -0.1) is 0 Å². The Hall–Kier alpha value is -1.87. The molecule has 0 aliphatic heterocycles. The topological polar surface area (TPSA) is 55.1 Å². The van der Waals surface area contributed by atoms with E-state index >= 15 is 0 Å². The molecule has 2 aromatic rings. The normalized spacial score (nSPS) is 13.3. The molecule has 0 aromatic heterocycles. The molecule has 1 unspecified atom stereocenters. The molecule has 1 atom stereocenters. The fraction of sp³-hybridized carbons (Fsp3) is 0.353. The molecule has 20 heavy (non-hydrogen) atoms. The van der Waals surface area contributed by atoms with E-state index in [1.165, 1.54) is 16.3 Å². The van der Waals surface area contributed by atoms with E-state index in [1.807, 2.05) is 26.0 Å². The minimum atomic E-state index is -0.543.